The van der Waals surface area contributed by atoms with Crippen molar-refractivity contribution in [2.75, 3.05) is 26.4 Å². The van der Waals surface area contributed by atoms with Gasteiger partial charge in [-0.3, -0.25) is 18.6 Å². The molecule has 0 rings (SSSR count). The summed E-state index contributed by atoms with van der Waals surface area (Å²) in [6, 6.07) is 0. The Labute approximate surface area is 288 Å². The minimum absolute atomic E-state index is 0.0551. The number of esters is 2. The van der Waals surface area contributed by atoms with E-state index in [1.807, 2.05) is 0 Å². The standard InChI is InChI=1S/C37H72NO8P/c1-3-5-7-9-10-11-12-13-14-15-16-17-18-19-20-21-22-23-24-26-28-30-37(40)46-35(34-45-47(41,42)44-32-31-38)33-43-36(39)29-27-25-8-6-4-2/h15-16,35H,3-14,17-34,38H2,1-2H3,(H,41,42)/b16-15-. The van der Waals surface area contributed by atoms with Crippen LogP contribution in [-0.4, -0.2) is 49.3 Å². The van der Waals surface area contributed by atoms with E-state index in [-0.39, 0.29) is 32.6 Å². The van der Waals surface area contributed by atoms with Crippen LogP contribution < -0.4 is 5.73 Å². The van der Waals surface area contributed by atoms with Gasteiger partial charge in [-0.25, -0.2) is 4.57 Å². The summed E-state index contributed by atoms with van der Waals surface area (Å²) in [5.41, 5.74) is 5.31. The molecule has 3 N–H and O–H groups in total. The zero-order chi connectivity index (χ0) is 34.7. The van der Waals surface area contributed by atoms with E-state index in [0.29, 0.717) is 6.42 Å². The first-order chi connectivity index (χ1) is 22.8. The van der Waals surface area contributed by atoms with Gasteiger partial charge in [-0.2, -0.15) is 0 Å². The topological polar surface area (TPSA) is 134 Å². The lowest BCUT2D eigenvalue weighted by atomic mass is 10.1. The Bertz CT molecular complexity index is 794. The highest BCUT2D eigenvalue weighted by Gasteiger charge is 2.25. The molecular weight excluding hydrogens is 617 g/mol. The lowest BCUT2D eigenvalue weighted by molar-refractivity contribution is -0.161. The maximum atomic E-state index is 12.5. The first-order valence-corrected chi connectivity index (χ1v) is 20.7. The monoisotopic (exact) mass is 689 g/mol. The van der Waals surface area contributed by atoms with E-state index in [0.717, 1.165) is 51.4 Å². The first-order valence-electron chi connectivity index (χ1n) is 19.2. The van der Waals surface area contributed by atoms with Gasteiger partial charge in [0.15, 0.2) is 6.10 Å². The highest BCUT2D eigenvalue weighted by atomic mass is 31.2. The molecular formula is C37H72NO8P. The second kappa shape index (κ2) is 34.6. The van der Waals surface area contributed by atoms with Gasteiger partial charge in [-0.1, -0.05) is 142 Å². The molecule has 0 saturated heterocycles. The van der Waals surface area contributed by atoms with Gasteiger partial charge in [0.25, 0.3) is 0 Å². The molecule has 0 aliphatic carbocycles. The maximum absolute atomic E-state index is 12.5. The summed E-state index contributed by atoms with van der Waals surface area (Å²) in [4.78, 5) is 34.4. The number of allylic oxidation sites excluding steroid dienone is 2. The van der Waals surface area contributed by atoms with E-state index in [4.69, 9.17) is 24.3 Å². The summed E-state index contributed by atoms with van der Waals surface area (Å²) < 4.78 is 32.4. The van der Waals surface area contributed by atoms with Crippen molar-refractivity contribution in [1.82, 2.24) is 0 Å². The molecule has 0 aromatic heterocycles. The van der Waals surface area contributed by atoms with Crippen molar-refractivity contribution in [2.24, 2.45) is 5.73 Å². The Morgan fingerprint density at radius 1 is 0.617 bits per heavy atom. The summed E-state index contributed by atoms with van der Waals surface area (Å²) >= 11 is 0. The van der Waals surface area contributed by atoms with Gasteiger partial charge < -0.3 is 20.1 Å². The van der Waals surface area contributed by atoms with Crippen molar-refractivity contribution < 1.29 is 37.6 Å². The van der Waals surface area contributed by atoms with Crippen molar-refractivity contribution >= 4 is 19.8 Å². The van der Waals surface area contributed by atoms with E-state index in [1.54, 1.807) is 0 Å². The van der Waals surface area contributed by atoms with Crippen LogP contribution in [0.5, 0.6) is 0 Å². The van der Waals surface area contributed by atoms with Crippen LogP contribution in [0.25, 0.3) is 0 Å². The predicted molar refractivity (Wildman–Crippen MR) is 192 cm³/mol. The van der Waals surface area contributed by atoms with E-state index < -0.39 is 32.5 Å². The fraction of sp³-hybridized carbons (Fsp3) is 0.892. The largest absolute Gasteiger partial charge is 0.472 e. The number of nitrogens with two attached hydrogens (primary N) is 1. The molecule has 0 amide bonds. The predicted octanol–water partition coefficient (Wildman–Crippen LogP) is 10.3. The number of carbonyl (C=O) groups is 2. The molecule has 278 valence electrons. The number of phosphoric ester groups is 1. The van der Waals surface area contributed by atoms with Crippen molar-refractivity contribution in [3.05, 3.63) is 12.2 Å². The molecule has 0 aliphatic rings. The van der Waals surface area contributed by atoms with Crippen molar-refractivity contribution in [3.8, 4) is 0 Å². The minimum Gasteiger partial charge on any atom is -0.462 e. The van der Waals surface area contributed by atoms with E-state index >= 15 is 0 Å². The number of rotatable bonds is 36. The molecule has 0 aromatic carbocycles. The number of hydrogen-bond donors (Lipinski definition) is 2. The van der Waals surface area contributed by atoms with E-state index in [2.05, 4.69) is 26.0 Å². The van der Waals surface area contributed by atoms with Gasteiger partial charge in [0.2, 0.25) is 0 Å². The summed E-state index contributed by atoms with van der Waals surface area (Å²) in [5, 5.41) is 0. The second-order valence-electron chi connectivity index (χ2n) is 12.8. The average molecular weight is 690 g/mol. The Morgan fingerprint density at radius 3 is 1.51 bits per heavy atom. The number of phosphoric acid groups is 1. The van der Waals surface area contributed by atoms with Gasteiger partial charge >= 0.3 is 19.8 Å². The van der Waals surface area contributed by atoms with Gasteiger partial charge in [0, 0.05) is 19.4 Å². The molecule has 0 radical (unpaired) electrons. The summed E-state index contributed by atoms with van der Waals surface area (Å²) in [5.74, 6) is -0.841. The number of hydrogen-bond acceptors (Lipinski definition) is 8. The number of carbonyl (C=O) groups excluding carboxylic acids is 2. The Morgan fingerprint density at radius 2 is 1.04 bits per heavy atom. The molecule has 47 heavy (non-hydrogen) atoms. The minimum atomic E-state index is -4.36. The lowest BCUT2D eigenvalue weighted by Crippen LogP contribution is -2.29. The SMILES string of the molecule is CCCCCCCCCC/C=C\CCCCCCCCCCCC(=O)OC(COC(=O)CCCCCCC)COP(=O)(O)OCCN. The molecule has 0 aromatic rings. The van der Waals surface area contributed by atoms with Crippen LogP contribution in [0.2, 0.25) is 0 Å². The lowest BCUT2D eigenvalue weighted by Gasteiger charge is -2.19. The van der Waals surface area contributed by atoms with Crippen molar-refractivity contribution in [2.45, 2.75) is 187 Å². The highest BCUT2D eigenvalue weighted by Crippen LogP contribution is 2.43. The molecule has 10 heteroatoms. The molecule has 9 nitrogen and oxygen atoms in total. The van der Waals surface area contributed by atoms with Crippen LogP contribution in [0, 0.1) is 0 Å². The molecule has 2 atom stereocenters. The molecule has 0 spiro atoms. The molecule has 0 aliphatic heterocycles. The van der Waals surface area contributed by atoms with Crippen molar-refractivity contribution in [3.63, 3.8) is 0 Å². The van der Waals surface area contributed by atoms with Gasteiger partial charge in [-0.15, -0.1) is 0 Å². The zero-order valence-corrected chi connectivity index (χ0v) is 31.2. The van der Waals surface area contributed by atoms with Crippen LogP contribution in [-0.2, 0) is 32.7 Å². The van der Waals surface area contributed by atoms with Crippen LogP contribution in [0.4, 0.5) is 0 Å². The first kappa shape index (κ1) is 45.8. The fourth-order valence-corrected chi connectivity index (χ4v) is 6.04. The Balaban J connectivity index is 3.99. The third-order valence-electron chi connectivity index (χ3n) is 8.15. The third-order valence-corrected chi connectivity index (χ3v) is 9.14. The van der Waals surface area contributed by atoms with Gasteiger partial charge in [-0.05, 0) is 38.5 Å². The fourth-order valence-electron chi connectivity index (χ4n) is 5.28. The van der Waals surface area contributed by atoms with E-state index in [9.17, 15) is 19.0 Å². The molecule has 0 fully saturated rings. The van der Waals surface area contributed by atoms with E-state index in [1.165, 1.54) is 96.3 Å². The highest BCUT2D eigenvalue weighted by molar-refractivity contribution is 7.47. The average Bonchev–Trinajstić information content (AvgIpc) is 3.05. The number of ether oxygens (including phenoxy) is 2. The van der Waals surface area contributed by atoms with Gasteiger partial charge in [0.05, 0.1) is 13.2 Å². The summed E-state index contributed by atoms with van der Waals surface area (Å²) in [6.45, 7) is 3.63. The Kier molecular flexibility index (Phi) is 33.7. The molecule has 0 saturated carbocycles. The number of unbranched alkanes of at least 4 members (excludes halogenated alkanes) is 21. The van der Waals surface area contributed by atoms with Crippen LogP contribution in [0.3, 0.4) is 0 Å². The van der Waals surface area contributed by atoms with Crippen molar-refractivity contribution in [1.29, 1.82) is 0 Å². The third kappa shape index (κ3) is 34.4. The normalized spacial score (nSPS) is 13.5. The Hall–Kier alpha value is -1.25. The zero-order valence-electron chi connectivity index (χ0n) is 30.3. The smallest absolute Gasteiger partial charge is 0.462 e. The maximum Gasteiger partial charge on any atom is 0.472 e. The van der Waals surface area contributed by atoms with Crippen LogP contribution >= 0.6 is 7.82 Å². The summed E-state index contributed by atoms with van der Waals surface area (Å²) in [7, 11) is -4.36. The summed E-state index contributed by atoms with van der Waals surface area (Å²) in [6.07, 6.45) is 32.9. The van der Waals surface area contributed by atoms with Crippen LogP contribution in [0.15, 0.2) is 12.2 Å². The molecule has 0 bridgehead atoms. The molecule has 2 unspecified atom stereocenters. The second-order valence-corrected chi connectivity index (χ2v) is 14.3. The molecule has 0 heterocycles. The van der Waals surface area contributed by atoms with Gasteiger partial charge in [0.1, 0.15) is 6.61 Å². The van der Waals surface area contributed by atoms with Crippen LogP contribution in [0.1, 0.15) is 181 Å². The quantitative estimate of drug-likeness (QED) is 0.0285.